The van der Waals surface area contributed by atoms with E-state index in [1.807, 2.05) is 20.8 Å². The third kappa shape index (κ3) is 4.93. The smallest absolute Gasteiger partial charge is 0.229 e. The van der Waals surface area contributed by atoms with Crippen LogP contribution in [0.3, 0.4) is 0 Å². The molecule has 2 unspecified atom stereocenters. The van der Waals surface area contributed by atoms with Gasteiger partial charge in [0, 0.05) is 24.2 Å². The molecular weight excluding hydrogens is 255 g/mol. The second kappa shape index (κ2) is 8.00. The molecule has 4 heteroatoms. The summed E-state index contributed by atoms with van der Waals surface area (Å²) in [6.45, 7) is 6.43. The van der Waals surface area contributed by atoms with Crippen molar-refractivity contribution >= 4 is 11.6 Å². The maximum atomic E-state index is 12.9. The van der Waals surface area contributed by atoms with Crippen molar-refractivity contribution in [1.29, 1.82) is 0 Å². The number of nitrogens with zero attached hydrogens (tertiary/aromatic N) is 1. The number of rotatable bonds is 7. The topological polar surface area (TPSA) is 46.3 Å². The Morgan fingerprint density at radius 1 is 1.25 bits per heavy atom. The van der Waals surface area contributed by atoms with E-state index >= 15 is 0 Å². The summed E-state index contributed by atoms with van der Waals surface area (Å²) < 4.78 is 12.9. The zero-order chi connectivity index (χ0) is 15.1. The average Bonchev–Trinajstić information content (AvgIpc) is 2.41. The highest BCUT2D eigenvalue weighted by molar-refractivity contribution is 5.94. The van der Waals surface area contributed by atoms with E-state index in [0.29, 0.717) is 6.54 Å². The van der Waals surface area contributed by atoms with Gasteiger partial charge >= 0.3 is 0 Å². The summed E-state index contributed by atoms with van der Waals surface area (Å²) in [5, 5.41) is 0. The summed E-state index contributed by atoms with van der Waals surface area (Å²) in [5.74, 6) is -0.246. The summed E-state index contributed by atoms with van der Waals surface area (Å²) in [6.07, 6.45) is 2.71. The Hall–Kier alpha value is -1.42. The zero-order valence-electron chi connectivity index (χ0n) is 12.6. The molecule has 0 spiro atoms. The van der Waals surface area contributed by atoms with Crippen LogP contribution in [0.5, 0.6) is 0 Å². The van der Waals surface area contributed by atoms with Crippen molar-refractivity contribution in [1.82, 2.24) is 0 Å². The molecule has 0 aromatic heterocycles. The molecule has 1 aromatic rings. The van der Waals surface area contributed by atoms with E-state index in [4.69, 9.17) is 5.73 Å². The summed E-state index contributed by atoms with van der Waals surface area (Å²) in [5.41, 5.74) is 6.46. The third-order valence-electron chi connectivity index (χ3n) is 3.44. The monoisotopic (exact) mass is 280 g/mol. The van der Waals surface area contributed by atoms with Gasteiger partial charge in [-0.05, 0) is 51.0 Å². The lowest BCUT2D eigenvalue weighted by Gasteiger charge is -2.24. The minimum absolute atomic E-state index is 0.0428. The molecular formula is C16H25FN2O. The van der Waals surface area contributed by atoms with Crippen molar-refractivity contribution in [2.45, 2.75) is 46.1 Å². The van der Waals surface area contributed by atoms with Crippen LogP contribution in [0.4, 0.5) is 10.1 Å². The van der Waals surface area contributed by atoms with Crippen molar-refractivity contribution in [3.8, 4) is 0 Å². The van der Waals surface area contributed by atoms with Gasteiger partial charge in [-0.1, -0.05) is 13.3 Å². The molecule has 0 saturated heterocycles. The molecule has 2 N–H and O–H groups in total. The van der Waals surface area contributed by atoms with E-state index in [-0.39, 0.29) is 23.7 Å². The van der Waals surface area contributed by atoms with Crippen LogP contribution >= 0.6 is 0 Å². The lowest BCUT2D eigenvalue weighted by atomic mass is 10.0. The van der Waals surface area contributed by atoms with Crippen LogP contribution in [0.2, 0.25) is 0 Å². The molecule has 1 aromatic carbocycles. The van der Waals surface area contributed by atoms with Crippen LogP contribution in [0.25, 0.3) is 0 Å². The SMILES string of the molecule is CCN(C(=O)C(C)CCCC(C)N)c1ccc(F)cc1. The first kappa shape index (κ1) is 16.6. The molecule has 2 atom stereocenters. The highest BCUT2D eigenvalue weighted by atomic mass is 19.1. The Kier molecular flexibility index (Phi) is 6.65. The number of nitrogens with two attached hydrogens (primary N) is 1. The van der Waals surface area contributed by atoms with E-state index in [9.17, 15) is 9.18 Å². The summed E-state index contributed by atoms with van der Waals surface area (Å²) >= 11 is 0. The van der Waals surface area contributed by atoms with Crippen LogP contribution in [0.15, 0.2) is 24.3 Å². The second-order valence-corrected chi connectivity index (χ2v) is 5.37. The Balaban J connectivity index is 2.64. The van der Waals surface area contributed by atoms with Crippen LogP contribution in [-0.4, -0.2) is 18.5 Å². The highest BCUT2D eigenvalue weighted by Gasteiger charge is 2.20. The number of hydrogen-bond donors (Lipinski definition) is 1. The van der Waals surface area contributed by atoms with E-state index in [0.717, 1.165) is 24.9 Å². The van der Waals surface area contributed by atoms with Gasteiger partial charge in [0.1, 0.15) is 5.82 Å². The molecule has 0 aliphatic heterocycles. The van der Waals surface area contributed by atoms with Gasteiger partial charge in [-0.3, -0.25) is 4.79 Å². The van der Waals surface area contributed by atoms with Crippen molar-refractivity contribution < 1.29 is 9.18 Å². The molecule has 3 nitrogen and oxygen atoms in total. The maximum absolute atomic E-state index is 12.9. The van der Waals surface area contributed by atoms with Crippen molar-refractivity contribution in [2.75, 3.05) is 11.4 Å². The van der Waals surface area contributed by atoms with Gasteiger partial charge < -0.3 is 10.6 Å². The zero-order valence-corrected chi connectivity index (χ0v) is 12.6. The van der Waals surface area contributed by atoms with E-state index in [1.54, 1.807) is 17.0 Å². The van der Waals surface area contributed by atoms with E-state index in [2.05, 4.69) is 0 Å². The Bertz CT molecular complexity index is 417. The van der Waals surface area contributed by atoms with Gasteiger partial charge in [-0.15, -0.1) is 0 Å². The number of anilines is 1. The van der Waals surface area contributed by atoms with Gasteiger partial charge in [0.25, 0.3) is 0 Å². The largest absolute Gasteiger partial charge is 0.328 e. The van der Waals surface area contributed by atoms with Crippen molar-refractivity contribution in [2.24, 2.45) is 11.7 Å². The fourth-order valence-corrected chi connectivity index (χ4v) is 2.22. The first-order valence-corrected chi connectivity index (χ1v) is 7.28. The fourth-order valence-electron chi connectivity index (χ4n) is 2.22. The highest BCUT2D eigenvalue weighted by Crippen LogP contribution is 2.19. The second-order valence-electron chi connectivity index (χ2n) is 5.37. The molecule has 20 heavy (non-hydrogen) atoms. The minimum Gasteiger partial charge on any atom is -0.328 e. The molecule has 112 valence electrons. The number of carbonyl (C=O) groups is 1. The molecule has 0 aliphatic carbocycles. The minimum atomic E-state index is -0.290. The number of benzene rings is 1. The maximum Gasteiger partial charge on any atom is 0.229 e. The fraction of sp³-hybridized carbons (Fsp3) is 0.562. The average molecular weight is 280 g/mol. The van der Waals surface area contributed by atoms with Gasteiger partial charge in [0.2, 0.25) is 5.91 Å². The van der Waals surface area contributed by atoms with Gasteiger partial charge in [0.15, 0.2) is 0 Å². The Morgan fingerprint density at radius 3 is 2.35 bits per heavy atom. The lowest BCUT2D eigenvalue weighted by molar-refractivity contribution is -0.122. The third-order valence-corrected chi connectivity index (χ3v) is 3.44. The van der Waals surface area contributed by atoms with Crippen LogP contribution in [0, 0.1) is 11.7 Å². The van der Waals surface area contributed by atoms with Crippen LogP contribution in [-0.2, 0) is 4.79 Å². The quantitative estimate of drug-likeness (QED) is 0.832. The van der Waals surface area contributed by atoms with Crippen LogP contribution in [0.1, 0.15) is 40.0 Å². The molecule has 0 fully saturated rings. The molecule has 0 heterocycles. The van der Waals surface area contributed by atoms with E-state index < -0.39 is 0 Å². The standard InChI is InChI=1S/C16H25FN2O/c1-4-19(15-10-8-14(17)9-11-15)16(20)12(2)6-5-7-13(3)18/h8-13H,4-7,18H2,1-3H3. The Morgan fingerprint density at radius 2 is 1.85 bits per heavy atom. The number of amides is 1. The Labute approximate surface area is 121 Å². The number of hydrogen-bond acceptors (Lipinski definition) is 2. The van der Waals surface area contributed by atoms with E-state index in [1.165, 1.54) is 12.1 Å². The van der Waals surface area contributed by atoms with Gasteiger partial charge in [-0.25, -0.2) is 4.39 Å². The molecule has 0 bridgehead atoms. The molecule has 0 radical (unpaired) electrons. The molecule has 1 rings (SSSR count). The molecule has 0 saturated carbocycles. The summed E-state index contributed by atoms with van der Waals surface area (Å²) in [6, 6.07) is 6.23. The first-order valence-electron chi connectivity index (χ1n) is 7.28. The van der Waals surface area contributed by atoms with Crippen LogP contribution < -0.4 is 10.6 Å². The normalized spacial score (nSPS) is 13.8. The predicted molar refractivity (Wildman–Crippen MR) is 81.1 cm³/mol. The number of halogens is 1. The summed E-state index contributed by atoms with van der Waals surface area (Å²) in [7, 11) is 0. The van der Waals surface area contributed by atoms with Gasteiger partial charge in [-0.2, -0.15) is 0 Å². The van der Waals surface area contributed by atoms with Crippen molar-refractivity contribution in [3.05, 3.63) is 30.1 Å². The van der Waals surface area contributed by atoms with Crippen molar-refractivity contribution in [3.63, 3.8) is 0 Å². The summed E-state index contributed by atoms with van der Waals surface area (Å²) in [4.78, 5) is 14.1. The lowest BCUT2D eigenvalue weighted by Crippen LogP contribution is -2.35. The molecule has 0 aliphatic rings. The predicted octanol–water partition coefficient (Wildman–Crippen LogP) is 3.33. The van der Waals surface area contributed by atoms with Gasteiger partial charge in [0.05, 0.1) is 0 Å². The number of carbonyl (C=O) groups excluding carboxylic acids is 1. The molecule has 1 amide bonds. The first-order chi connectivity index (χ1) is 9.45.